The fraction of sp³-hybridized carbons (Fsp3) is 0.118. The lowest BCUT2D eigenvalue weighted by atomic mass is 9.34. The van der Waals surface area contributed by atoms with Crippen molar-refractivity contribution in [1.29, 1.82) is 0 Å². The SMILES string of the molecule is [2H]c1c([2H])c([2H])c(-c2cccc([Si](c3ccccc3)(c3ccccc3)c3ccc(-c4ccc5c(c4)B4c6ccc([Si](c7ccccc7)(c7ccccc7)c7cccc(-c8ccccc8)c7)cc6Oc6cc(-c7cc(C(C)(C)C)cc(C(C)(C)C)c7)cc(c64)N5c4ccc(C(C)(C)C)cc4-c4ccccc4)cc3)c2)c([2H])c1[2H]. The van der Waals surface area contributed by atoms with Gasteiger partial charge in [-0.25, -0.2) is 0 Å². The lowest BCUT2D eigenvalue weighted by molar-refractivity contribution is 0.488. The molecule has 518 valence electrons. The normalized spacial score (nSPS) is 13.4. The molecule has 0 saturated heterocycles. The van der Waals surface area contributed by atoms with Crippen LogP contribution in [-0.2, 0) is 16.2 Å². The first-order valence-corrected chi connectivity index (χ1v) is 41.5. The molecule has 2 aliphatic rings. The van der Waals surface area contributed by atoms with Crippen LogP contribution in [-0.4, -0.2) is 22.9 Å². The summed E-state index contributed by atoms with van der Waals surface area (Å²) in [5.74, 6) is 1.64. The molecule has 0 fully saturated rings. The van der Waals surface area contributed by atoms with Gasteiger partial charge in [-0.15, -0.1) is 0 Å². The Kier molecular flexibility index (Phi) is 16.1. The van der Waals surface area contributed by atoms with Crippen LogP contribution in [0.4, 0.5) is 17.1 Å². The molecule has 17 rings (SSSR count). The highest BCUT2D eigenvalue weighted by Crippen LogP contribution is 2.48. The van der Waals surface area contributed by atoms with Crippen molar-refractivity contribution in [3.63, 3.8) is 0 Å². The Morgan fingerprint density at radius 2 is 0.682 bits per heavy atom. The number of anilines is 3. The van der Waals surface area contributed by atoms with Crippen molar-refractivity contribution in [2.24, 2.45) is 0 Å². The molecule has 0 amide bonds. The van der Waals surface area contributed by atoms with E-state index in [0.717, 1.165) is 99.1 Å². The van der Waals surface area contributed by atoms with E-state index in [1.54, 1.807) is 0 Å². The zero-order valence-electron chi connectivity index (χ0n) is 67.3. The van der Waals surface area contributed by atoms with Crippen LogP contribution in [0.3, 0.4) is 0 Å². The molecule has 0 aliphatic carbocycles. The van der Waals surface area contributed by atoms with E-state index in [1.807, 2.05) is 12.1 Å². The highest BCUT2D eigenvalue weighted by molar-refractivity contribution is 7.20. The van der Waals surface area contributed by atoms with Crippen LogP contribution in [0.5, 0.6) is 11.5 Å². The lowest BCUT2D eigenvalue weighted by Crippen LogP contribution is -2.75. The number of fused-ring (bicyclic) bond motifs is 4. The minimum atomic E-state index is -3.30. The molecule has 0 N–H and O–H groups in total. The summed E-state index contributed by atoms with van der Waals surface area (Å²) in [4.78, 5) is 2.55. The minimum absolute atomic E-state index is 0.145. The van der Waals surface area contributed by atoms with Gasteiger partial charge in [0, 0.05) is 16.9 Å². The van der Waals surface area contributed by atoms with E-state index in [-0.39, 0.29) is 52.7 Å². The quantitative estimate of drug-likeness (QED) is 0.0795. The van der Waals surface area contributed by atoms with Gasteiger partial charge in [-0.1, -0.05) is 396 Å². The van der Waals surface area contributed by atoms with Crippen LogP contribution in [0.1, 0.15) is 85.9 Å². The molecular formula is C102H88BNOSi2. The largest absolute Gasteiger partial charge is 0.458 e. The first-order valence-electron chi connectivity index (χ1n) is 40.0. The van der Waals surface area contributed by atoms with Crippen molar-refractivity contribution in [2.75, 3.05) is 4.90 Å². The standard InChI is InChI=1S/C102H88BNOSi2/c1-100(2,3)80-54-60-94(91(69-80)74-37-21-12-22-38-74)104-95-59-53-77(73-51-55-87(56-52-73)106(83-41-23-13-24-42-83,84-43-25-14-26-44-84)88-49-31-39-75(63-88)71-33-17-10-18-34-71)65-93(95)103-92-58-57-90(70-97(92)105-98-67-79(66-96(104)99(98)103)78-61-81(101(4,5)6)68-82(62-78)102(7,8)9)107(85-45-27-15-28-46-85,86-47-29-16-30-48-86)89-50-32-40-76(64-89)72-35-19-11-20-36-72/h10-70H,1-9H3/i10D,17D,18D,33D,34D. The summed E-state index contributed by atoms with van der Waals surface area (Å²) in [7, 11) is -6.53. The number of benzene rings is 15. The van der Waals surface area contributed by atoms with Gasteiger partial charge in [0.05, 0.1) is 12.5 Å². The van der Waals surface area contributed by atoms with Gasteiger partial charge in [0.2, 0.25) is 0 Å². The first kappa shape index (κ1) is 62.7. The zero-order chi connectivity index (χ0) is 77.6. The summed E-state index contributed by atoms with van der Waals surface area (Å²) < 4.78 is 52.3. The highest BCUT2D eigenvalue weighted by Gasteiger charge is 2.47. The Morgan fingerprint density at radius 3 is 1.21 bits per heavy atom. The predicted octanol–water partition coefficient (Wildman–Crippen LogP) is 19.1. The molecule has 15 aromatic rings. The van der Waals surface area contributed by atoms with Crippen molar-refractivity contribution in [1.82, 2.24) is 0 Å². The molecule has 0 radical (unpaired) electrons. The topological polar surface area (TPSA) is 12.5 Å². The van der Waals surface area contributed by atoms with Gasteiger partial charge in [0.25, 0.3) is 6.71 Å². The molecule has 0 atom stereocenters. The Labute approximate surface area is 642 Å². The fourth-order valence-electron chi connectivity index (χ4n) is 16.8. The van der Waals surface area contributed by atoms with Gasteiger partial charge < -0.3 is 9.64 Å². The van der Waals surface area contributed by atoms with Crippen molar-refractivity contribution in [3.8, 4) is 67.1 Å². The average molecular weight is 1420 g/mol. The van der Waals surface area contributed by atoms with Crippen molar-refractivity contribution in [2.45, 2.75) is 78.6 Å². The smallest absolute Gasteiger partial charge is 0.256 e. The lowest BCUT2D eigenvalue weighted by Gasteiger charge is -2.42. The van der Waals surface area contributed by atoms with E-state index < -0.39 is 22.2 Å². The van der Waals surface area contributed by atoms with E-state index in [1.165, 1.54) is 48.6 Å². The van der Waals surface area contributed by atoms with E-state index in [4.69, 9.17) is 11.6 Å². The molecule has 0 saturated carbocycles. The second-order valence-electron chi connectivity index (χ2n) is 32.0. The Bertz CT molecular complexity index is 5960. The van der Waals surface area contributed by atoms with Crippen molar-refractivity contribution in [3.05, 3.63) is 387 Å². The molecule has 0 unspecified atom stereocenters. The number of rotatable bonds is 14. The molecule has 15 aromatic carbocycles. The van der Waals surface area contributed by atoms with E-state index in [2.05, 4.69) is 395 Å². The second-order valence-corrected chi connectivity index (χ2v) is 39.6. The number of ether oxygens (including phenoxy) is 1. The summed E-state index contributed by atoms with van der Waals surface area (Å²) in [6.07, 6.45) is 0. The molecule has 5 heteroatoms. The molecule has 0 aromatic heterocycles. The monoisotopic (exact) mass is 1410 g/mol. The van der Waals surface area contributed by atoms with Gasteiger partial charge in [0.1, 0.15) is 11.5 Å². The Hall–Kier alpha value is -11.6. The summed E-state index contributed by atoms with van der Waals surface area (Å²) in [5.41, 5.74) is 19.5. The van der Waals surface area contributed by atoms with E-state index >= 15 is 0 Å². The van der Waals surface area contributed by atoms with Crippen LogP contribution in [0.25, 0.3) is 55.6 Å². The Morgan fingerprint density at radius 1 is 0.271 bits per heavy atom. The van der Waals surface area contributed by atoms with Crippen LogP contribution in [0.15, 0.2) is 370 Å². The molecule has 0 bridgehead atoms. The molecule has 2 aliphatic heterocycles. The zero-order valence-corrected chi connectivity index (χ0v) is 64.3. The summed E-state index contributed by atoms with van der Waals surface area (Å²) in [5, 5.41) is 9.48. The average Bonchev–Trinajstić information content (AvgIpc) is 0.699. The number of hydrogen-bond donors (Lipinski definition) is 0. The van der Waals surface area contributed by atoms with Gasteiger partial charge in [-0.2, -0.15) is 0 Å². The number of hydrogen-bond acceptors (Lipinski definition) is 2. The predicted molar refractivity (Wildman–Crippen MR) is 463 cm³/mol. The van der Waals surface area contributed by atoms with Gasteiger partial charge in [0.15, 0.2) is 16.1 Å². The Balaban J connectivity index is 0.926. The van der Waals surface area contributed by atoms with Crippen LogP contribution < -0.4 is 67.5 Å². The molecule has 0 spiro atoms. The maximum atomic E-state index is 9.16. The molecular weight excluding hydrogens is 1320 g/mol. The van der Waals surface area contributed by atoms with Crippen LogP contribution in [0, 0.1) is 0 Å². The van der Waals surface area contributed by atoms with E-state index in [9.17, 15) is 0 Å². The van der Waals surface area contributed by atoms with Gasteiger partial charge in [-0.05, 0) is 177 Å². The van der Waals surface area contributed by atoms with Gasteiger partial charge in [-0.3, -0.25) is 0 Å². The molecule has 2 nitrogen and oxygen atoms in total. The third-order valence-electron chi connectivity index (χ3n) is 22.4. The summed E-state index contributed by atoms with van der Waals surface area (Å²) in [6, 6.07) is 124. The second kappa shape index (κ2) is 27.4. The van der Waals surface area contributed by atoms with Gasteiger partial charge >= 0.3 is 0 Å². The third-order valence-corrected chi connectivity index (χ3v) is 31.9. The highest BCUT2D eigenvalue weighted by atomic mass is 28.3. The minimum Gasteiger partial charge on any atom is -0.458 e. The van der Waals surface area contributed by atoms with Crippen LogP contribution in [0.2, 0.25) is 0 Å². The molecule has 107 heavy (non-hydrogen) atoms. The van der Waals surface area contributed by atoms with Crippen molar-refractivity contribution < 1.29 is 11.6 Å². The third kappa shape index (κ3) is 12.4. The molecule has 2 heterocycles. The maximum Gasteiger partial charge on any atom is 0.256 e. The van der Waals surface area contributed by atoms with E-state index in [0.29, 0.717) is 5.56 Å². The maximum absolute atomic E-state index is 9.16. The fourth-order valence-corrected chi connectivity index (χ4v) is 26.4. The summed E-state index contributed by atoms with van der Waals surface area (Å²) in [6.45, 7) is 20.5. The number of nitrogens with zero attached hydrogens (tertiary/aromatic N) is 1. The summed E-state index contributed by atoms with van der Waals surface area (Å²) >= 11 is 0. The first-order chi connectivity index (χ1) is 54.0. The van der Waals surface area contributed by atoms with Crippen LogP contribution >= 0.6 is 0 Å². The van der Waals surface area contributed by atoms with Crippen molar-refractivity contribution >= 4 is 97.8 Å².